The van der Waals surface area contributed by atoms with Crippen LogP contribution in [0.3, 0.4) is 0 Å². The summed E-state index contributed by atoms with van der Waals surface area (Å²) < 4.78 is 15.4. The summed E-state index contributed by atoms with van der Waals surface area (Å²) in [5.74, 6) is 1.27. The van der Waals surface area contributed by atoms with Crippen LogP contribution >= 0.6 is 23.2 Å². The number of nitrogens with two attached hydrogens (primary N) is 2. The zero-order valence-corrected chi connectivity index (χ0v) is 29.8. The van der Waals surface area contributed by atoms with E-state index in [2.05, 4.69) is 41.2 Å². The molecule has 0 aliphatic rings. The highest BCUT2D eigenvalue weighted by Crippen LogP contribution is 2.42. The molecule has 0 aliphatic heterocycles. The summed E-state index contributed by atoms with van der Waals surface area (Å²) >= 11 is 13.5. The molecule has 1 unspecified atom stereocenters. The predicted molar refractivity (Wildman–Crippen MR) is 197 cm³/mol. The molecule has 54 heavy (non-hydrogen) atoms. The lowest BCUT2D eigenvalue weighted by molar-refractivity contribution is 0.0997. The lowest BCUT2D eigenvalue weighted by Crippen LogP contribution is -2.13. The standard InChI is InChI=1S/C34H28Cl2N14O4/c1-53-27-17(29(37)51)9-11-21-25(27)39-33(15-5-3-7-19(35)23(15)31-41-45-46-42-31)49(21)13-14-50-22-12-10-18(30(38)52)28(54-2)26(22)40-34(50)16-6-4-8-20(36)24(16)32-43-47-48-44-32/h3-12,29,51H,13-14,37H2,1-2H3,(H2,38,52)(H,41,42,45,46)(H,43,44,47,48). The first-order chi connectivity index (χ1) is 26.2. The third-order valence-electron chi connectivity index (χ3n) is 8.97. The molecule has 18 nitrogen and oxygen atoms in total. The average Bonchev–Trinajstić information content (AvgIpc) is 3.99. The van der Waals surface area contributed by atoms with Gasteiger partial charge in [-0.3, -0.25) is 4.79 Å². The highest BCUT2D eigenvalue weighted by atomic mass is 35.5. The van der Waals surface area contributed by atoms with Gasteiger partial charge in [0.25, 0.3) is 5.91 Å². The summed E-state index contributed by atoms with van der Waals surface area (Å²) in [7, 11) is 2.92. The fourth-order valence-electron chi connectivity index (χ4n) is 6.67. The largest absolute Gasteiger partial charge is 0.494 e. The number of benzene rings is 4. The summed E-state index contributed by atoms with van der Waals surface area (Å²) in [4.78, 5) is 22.5. The Morgan fingerprint density at radius 3 is 1.72 bits per heavy atom. The second kappa shape index (κ2) is 13.8. The molecule has 272 valence electrons. The maximum Gasteiger partial charge on any atom is 0.252 e. The molecule has 7 N–H and O–H groups in total. The molecule has 0 bridgehead atoms. The minimum atomic E-state index is -1.33. The molecule has 8 rings (SSSR count). The van der Waals surface area contributed by atoms with Gasteiger partial charge in [-0.1, -0.05) is 47.5 Å². The Labute approximate surface area is 314 Å². The first kappa shape index (κ1) is 34.6. The smallest absolute Gasteiger partial charge is 0.252 e. The number of carbonyl (C=O) groups excluding carboxylic acids is 1. The van der Waals surface area contributed by atoms with Gasteiger partial charge in [0.2, 0.25) is 11.6 Å². The quantitative estimate of drug-likeness (QED) is 0.116. The monoisotopic (exact) mass is 766 g/mol. The number of aliphatic hydroxyl groups is 1. The Morgan fingerprint density at radius 2 is 1.28 bits per heavy atom. The number of hydrogen-bond donors (Lipinski definition) is 5. The van der Waals surface area contributed by atoms with Gasteiger partial charge in [-0.05, 0) is 46.8 Å². The molecule has 0 saturated heterocycles. The summed E-state index contributed by atoms with van der Waals surface area (Å²) in [5.41, 5.74) is 16.4. The number of rotatable bonds is 11. The van der Waals surface area contributed by atoms with Gasteiger partial charge in [-0.15, -0.1) is 20.4 Å². The summed E-state index contributed by atoms with van der Waals surface area (Å²) in [6.07, 6.45) is -1.33. The Bertz CT molecular complexity index is 2690. The van der Waals surface area contributed by atoms with Crippen molar-refractivity contribution < 1.29 is 19.4 Å². The minimum Gasteiger partial charge on any atom is -0.494 e. The number of amides is 1. The molecule has 0 spiro atoms. The van der Waals surface area contributed by atoms with Crippen LogP contribution in [-0.4, -0.2) is 85.6 Å². The van der Waals surface area contributed by atoms with Gasteiger partial charge in [0, 0.05) is 29.8 Å². The van der Waals surface area contributed by atoms with Crippen molar-refractivity contribution >= 4 is 51.2 Å². The number of hydrogen-bond acceptors (Lipinski definition) is 13. The zero-order valence-electron chi connectivity index (χ0n) is 28.3. The summed E-state index contributed by atoms with van der Waals surface area (Å²) in [6.45, 7) is 0.539. The van der Waals surface area contributed by atoms with Crippen LogP contribution in [0.4, 0.5) is 0 Å². The Kier molecular flexibility index (Phi) is 8.86. The number of H-pyrrole nitrogens is 2. The third-order valence-corrected chi connectivity index (χ3v) is 9.60. The van der Waals surface area contributed by atoms with Crippen LogP contribution in [-0.2, 0) is 13.1 Å². The Morgan fingerprint density at radius 1 is 0.778 bits per heavy atom. The lowest BCUT2D eigenvalue weighted by atomic mass is 10.1. The lowest BCUT2D eigenvalue weighted by Gasteiger charge is -2.16. The van der Waals surface area contributed by atoms with E-state index in [1.54, 1.807) is 48.5 Å². The molecular weight excluding hydrogens is 739 g/mol. The number of fused-ring (bicyclic) bond motifs is 2. The van der Waals surface area contributed by atoms with Crippen LogP contribution in [0.25, 0.3) is 67.6 Å². The molecule has 1 amide bonds. The van der Waals surface area contributed by atoms with E-state index < -0.39 is 12.1 Å². The van der Waals surface area contributed by atoms with Gasteiger partial charge >= 0.3 is 0 Å². The number of aromatic amines is 2. The van der Waals surface area contributed by atoms with Gasteiger partial charge in [-0.2, -0.15) is 10.4 Å². The minimum absolute atomic E-state index is 0.161. The number of carbonyl (C=O) groups is 1. The number of nitrogens with one attached hydrogen (secondary N) is 2. The van der Waals surface area contributed by atoms with Gasteiger partial charge < -0.3 is 35.2 Å². The SMILES string of the molecule is COc1c(C(N)=O)ccc2c1nc(-c1cccc(Cl)c1-c1nn[nH]n1)n2CCn1c(-c2cccc(Cl)c2-c2nn[nH]n2)nc2c(OC)c(C(N)O)ccc21. The van der Waals surface area contributed by atoms with Crippen LogP contribution in [0.1, 0.15) is 22.1 Å². The molecule has 0 radical (unpaired) electrons. The van der Waals surface area contributed by atoms with E-state index in [4.69, 9.17) is 54.1 Å². The molecule has 0 aliphatic carbocycles. The normalized spacial score (nSPS) is 12.1. The first-order valence-corrected chi connectivity index (χ1v) is 16.9. The number of methoxy groups -OCH3 is 2. The van der Waals surface area contributed by atoms with E-state index in [9.17, 15) is 9.90 Å². The topological polar surface area (TPSA) is 252 Å². The van der Waals surface area contributed by atoms with E-state index in [1.165, 1.54) is 14.2 Å². The van der Waals surface area contributed by atoms with Crippen molar-refractivity contribution in [3.05, 3.63) is 81.8 Å². The van der Waals surface area contributed by atoms with E-state index in [0.717, 1.165) is 0 Å². The maximum absolute atomic E-state index is 12.5. The number of imidazole rings is 2. The van der Waals surface area contributed by atoms with Crippen LogP contribution < -0.4 is 20.9 Å². The fraction of sp³-hybridized carbons (Fsp3) is 0.147. The number of halogens is 2. The maximum atomic E-state index is 12.5. The molecule has 20 heteroatoms. The van der Waals surface area contributed by atoms with Crippen LogP contribution in [0.5, 0.6) is 11.5 Å². The van der Waals surface area contributed by atoms with Crippen molar-refractivity contribution in [2.45, 2.75) is 19.3 Å². The van der Waals surface area contributed by atoms with Crippen molar-refractivity contribution in [3.63, 3.8) is 0 Å². The molecule has 1 atom stereocenters. The second-order valence-corrected chi connectivity index (χ2v) is 12.7. The van der Waals surface area contributed by atoms with E-state index in [0.29, 0.717) is 77.3 Å². The number of aryl methyl sites for hydroxylation is 2. The summed E-state index contributed by atoms with van der Waals surface area (Å²) in [5, 5.41) is 40.4. The molecule has 4 aromatic carbocycles. The number of nitrogens with zero attached hydrogens (tertiary/aromatic N) is 10. The van der Waals surface area contributed by atoms with Crippen LogP contribution in [0, 0.1) is 0 Å². The Balaban J connectivity index is 1.38. The van der Waals surface area contributed by atoms with Crippen molar-refractivity contribution in [1.29, 1.82) is 0 Å². The van der Waals surface area contributed by atoms with Gasteiger partial charge in [-0.25, -0.2) is 9.97 Å². The van der Waals surface area contributed by atoms with Crippen molar-refractivity contribution in [3.8, 4) is 57.1 Å². The molecule has 8 aromatic rings. The third kappa shape index (κ3) is 5.64. The zero-order chi connectivity index (χ0) is 37.7. The molecule has 0 saturated carbocycles. The first-order valence-electron chi connectivity index (χ1n) is 16.1. The summed E-state index contributed by atoms with van der Waals surface area (Å²) in [6, 6.07) is 17.5. The second-order valence-electron chi connectivity index (χ2n) is 11.8. The average molecular weight is 768 g/mol. The van der Waals surface area contributed by atoms with E-state index >= 15 is 0 Å². The van der Waals surface area contributed by atoms with E-state index in [1.807, 2.05) is 21.3 Å². The number of ether oxygens (including phenoxy) is 2. The molecule has 0 fully saturated rings. The molecule has 4 heterocycles. The Hall–Kier alpha value is -6.47. The molecule has 4 aromatic heterocycles. The van der Waals surface area contributed by atoms with Crippen molar-refractivity contribution in [1.82, 2.24) is 60.4 Å². The van der Waals surface area contributed by atoms with E-state index in [-0.39, 0.29) is 36.1 Å². The van der Waals surface area contributed by atoms with Gasteiger partial charge in [0.05, 0.1) is 52.0 Å². The predicted octanol–water partition coefficient (Wildman–Crippen LogP) is 4.15. The van der Waals surface area contributed by atoms with Crippen LogP contribution in [0.15, 0.2) is 60.7 Å². The number of aliphatic hydroxyl groups excluding tert-OH is 1. The van der Waals surface area contributed by atoms with Gasteiger partial charge in [0.15, 0.2) is 11.5 Å². The highest BCUT2D eigenvalue weighted by molar-refractivity contribution is 6.34. The van der Waals surface area contributed by atoms with Gasteiger partial charge in [0.1, 0.15) is 28.9 Å². The van der Waals surface area contributed by atoms with Crippen molar-refractivity contribution in [2.75, 3.05) is 14.2 Å². The molecular formula is C34H28Cl2N14O4. The highest BCUT2D eigenvalue weighted by Gasteiger charge is 2.27. The fourth-order valence-corrected chi connectivity index (χ4v) is 7.19. The van der Waals surface area contributed by atoms with Crippen molar-refractivity contribution in [2.24, 2.45) is 11.5 Å². The van der Waals surface area contributed by atoms with Crippen LogP contribution in [0.2, 0.25) is 10.0 Å². The number of primary amides is 1. The number of tetrazole rings is 2. The number of aromatic nitrogens is 12.